The van der Waals surface area contributed by atoms with E-state index in [-0.39, 0.29) is 18.3 Å². The van der Waals surface area contributed by atoms with E-state index < -0.39 is 0 Å². The summed E-state index contributed by atoms with van der Waals surface area (Å²) in [5.74, 6) is 1.81. The maximum atomic E-state index is 13.9. The fraction of sp³-hybridized carbons (Fsp3) is 0.261. The average Bonchev–Trinajstić information content (AvgIpc) is 2.91. The Kier molecular flexibility index (Phi) is 5.97. The lowest BCUT2D eigenvalue weighted by atomic mass is 10.1. The minimum atomic E-state index is -0.221. The van der Waals surface area contributed by atoms with Crippen LogP contribution in [0.2, 0.25) is 0 Å². The van der Waals surface area contributed by atoms with Crippen molar-refractivity contribution in [3.05, 3.63) is 71.8 Å². The second-order valence-corrected chi connectivity index (χ2v) is 7.33. The van der Waals surface area contributed by atoms with Gasteiger partial charge in [0.25, 0.3) is 0 Å². The lowest BCUT2D eigenvalue weighted by Crippen LogP contribution is -2.35. The predicted molar refractivity (Wildman–Crippen MR) is 118 cm³/mol. The first-order valence-electron chi connectivity index (χ1n) is 10.0. The highest BCUT2D eigenvalue weighted by Crippen LogP contribution is 2.30. The number of nitrogens with one attached hydrogen (secondary N) is 1. The Morgan fingerprint density at radius 1 is 1.10 bits per heavy atom. The number of nitrogens with zero attached hydrogens (tertiary/aromatic N) is 4. The maximum Gasteiger partial charge on any atom is 0.246 e. The number of anilines is 3. The van der Waals surface area contributed by atoms with Gasteiger partial charge in [0.2, 0.25) is 5.91 Å². The number of ether oxygens (including phenoxy) is 1. The standard InChI is InChI=1S/C23H24FN5O2/c1-28-14-21(30)29(17-7-9-18(31-2)10-8-17)13-19-22(26-15-27-23(19)28)25-12-11-16-5-3-4-6-20(16)24/h3-10,15H,11-14H2,1-2H3,(H,25,26,27). The summed E-state index contributed by atoms with van der Waals surface area (Å²) >= 11 is 0. The van der Waals surface area contributed by atoms with Gasteiger partial charge in [-0.1, -0.05) is 18.2 Å². The fourth-order valence-corrected chi connectivity index (χ4v) is 3.65. The Labute approximate surface area is 180 Å². The van der Waals surface area contributed by atoms with Crippen LogP contribution in [0.4, 0.5) is 21.7 Å². The van der Waals surface area contributed by atoms with Gasteiger partial charge in [-0.2, -0.15) is 0 Å². The van der Waals surface area contributed by atoms with Gasteiger partial charge in [-0.3, -0.25) is 4.79 Å². The number of rotatable bonds is 6. The molecule has 0 fully saturated rings. The number of halogens is 1. The molecule has 2 heterocycles. The van der Waals surface area contributed by atoms with Crippen LogP contribution in [0.1, 0.15) is 11.1 Å². The molecule has 31 heavy (non-hydrogen) atoms. The molecule has 2 aromatic carbocycles. The van der Waals surface area contributed by atoms with Crippen molar-refractivity contribution in [3.63, 3.8) is 0 Å². The van der Waals surface area contributed by atoms with Crippen molar-refractivity contribution in [2.24, 2.45) is 0 Å². The first-order valence-corrected chi connectivity index (χ1v) is 10.0. The molecular formula is C23H24FN5O2. The van der Waals surface area contributed by atoms with E-state index in [2.05, 4.69) is 15.3 Å². The number of benzene rings is 2. The largest absolute Gasteiger partial charge is 0.497 e. The quantitative estimate of drug-likeness (QED) is 0.659. The monoisotopic (exact) mass is 421 g/mol. The number of carbonyl (C=O) groups is 1. The van der Waals surface area contributed by atoms with E-state index in [0.717, 1.165) is 17.0 Å². The third-order valence-electron chi connectivity index (χ3n) is 5.30. The molecular weight excluding hydrogens is 397 g/mol. The lowest BCUT2D eigenvalue weighted by Gasteiger charge is -2.22. The van der Waals surface area contributed by atoms with Crippen molar-refractivity contribution in [1.29, 1.82) is 0 Å². The first-order chi connectivity index (χ1) is 15.1. The van der Waals surface area contributed by atoms with E-state index >= 15 is 0 Å². The van der Waals surface area contributed by atoms with Crippen LogP contribution >= 0.6 is 0 Å². The number of fused-ring (bicyclic) bond motifs is 1. The van der Waals surface area contributed by atoms with Gasteiger partial charge in [0.1, 0.15) is 29.5 Å². The van der Waals surface area contributed by atoms with Crippen molar-refractivity contribution in [3.8, 4) is 5.75 Å². The SMILES string of the molecule is COc1ccc(N2Cc3c(NCCc4ccccc4F)ncnc3N(C)CC2=O)cc1. The third kappa shape index (κ3) is 4.42. The zero-order valence-corrected chi connectivity index (χ0v) is 17.5. The van der Waals surface area contributed by atoms with Crippen molar-refractivity contribution >= 4 is 23.2 Å². The molecule has 1 N–H and O–H groups in total. The van der Waals surface area contributed by atoms with E-state index in [1.165, 1.54) is 12.4 Å². The van der Waals surface area contributed by atoms with Crippen LogP contribution in [0.15, 0.2) is 54.9 Å². The summed E-state index contributed by atoms with van der Waals surface area (Å²) in [7, 11) is 3.44. The molecule has 4 rings (SSSR count). The van der Waals surface area contributed by atoms with Crippen LogP contribution in [-0.2, 0) is 17.8 Å². The van der Waals surface area contributed by atoms with Crippen LogP contribution in [0.5, 0.6) is 5.75 Å². The van der Waals surface area contributed by atoms with Gasteiger partial charge < -0.3 is 19.9 Å². The van der Waals surface area contributed by atoms with Crippen molar-refractivity contribution in [2.75, 3.05) is 42.4 Å². The molecule has 1 aliphatic heterocycles. The Bertz CT molecular complexity index is 1070. The molecule has 0 unspecified atom stereocenters. The molecule has 0 aliphatic carbocycles. The van der Waals surface area contributed by atoms with Gasteiger partial charge in [-0.25, -0.2) is 14.4 Å². The fourth-order valence-electron chi connectivity index (χ4n) is 3.65. The van der Waals surface area contributed by atoms with Crippen LogP contribution in [-0.4, -0.2) is 43.1 Å². The maximum absolute atomic E-state index is 13.9. The molecule has 0 saturated carbocycles. The van der Waals surface area contributed by atoms with Gasteiger partial charge in [0.15, 0.2) is 0 Å². The number of hydrogen-bond donors (Lipinski definition) is 1. The molecule has 0 atom stereocenters. The average molecular weight is 421 g/mol. The van der Waals surface area contributed by atoms with Gasteiger partial charge >= 0.3 is 0 Å². The summed E-state index contributed by atoms with van der Waals surface area (Å²) in [6.07, 6.45) is 2.00. The minimum Gasteiger partial charge on any atom is -0.497 e. The Hall–Kier alpha value is -3.68. The summed E-state index contributed by atoms with van der Waals surface area (Å²) < 4.78 is 19.1. The Morgan fingerprint density at radius 3 is 2.61 bits per heavy atom. The second kappa shape index (κ2) is 8.99. The molecule has 3 aromatic rings. The second-order valence-electron chi connectivity index (χ2n) is 7.33. The highest BCUT2D eigenvalue weighted by Gasteiger charge is 2.28. The third-order valence-corrected chi connectivity index (χ3v) is 5.30. The van der Waals surface area contributed by atoms with Gasteiger partial charge in [-0.15, -0.1) is 0 Å². The number of amides is 1. The molecule has 160 valence electrons. The molecule has 8 heteroatoms. The van der Waals surface area contributed by atoms with E-state index in [9.17, 15) is 9.18 Å². The number of likely N-dealkylation sites (N-methyl/N-ethyl adjacent to an activating group) is 1. The van der Waals surface area contributed by atoms with E-state index in [4.69, 9.17) is 4.74 Å². The topological polar surface area (TPSA) is 70.6 Å². The summed E-state index contributed by atoms with van der Waals surface area (Å²) in [4.78, 5) is 25.3. The zero-order chi connectivity index (χ0) is 21.8. The summed E-state index contributed by atoms with van der Waals surface area (Å²) in [6, 6.07) is 14.1. The van der Waals surface area contributed by atoms with Crippen LogP contribution in [0, 0.1) is 5.82 Å². The molecule has 0 spiro atoms. The van der Waals surface area contributed by atoms with Crippen LogP contribution < -0.4 is 19.9 Å². The molecule has 0 saturated heterocycles. The first kappa shape index (κ1) is 20.6. The minimum absolute atomic E-state index is 0.0389. The summed E-state index contributed by atoms with van der Waals surface area (Å²) in [5.41, 5.74) is 2.23. The van der Waals surface area contributed by atoms with E-state index in [0.29, 0.717) is 36.7 Å². The number of carbonyl (C=O) groups excluding carboxylic acids is 1. The summed E-state index contributed by atoms with van der Waals surface area (Å²) in [6.45, 7) is 1.03. The number of aromatic nitrogens is 2. The van der Waals surface area contributed by atoms with Crippen molar-refractivity contribution in [1.82, 2.24) is 9.97 Å². The Balaban J connectivity index is 1.58. The zero-order valence-electron chi connectivity index (χ0n) is 17.5. The van der Waals surface area contributed by atoms with Crippen LogP contribution in [0.3, 0.4) is 0 Å². The predicted octanol–water partition coefficient (Wildman–Crippen LogP) is 3.26. The molecule has 7 nitrogen and oxygen atoms in total. The normalized spacial score (nSPS) is 13.6. The van der Waals surface area contributed by atoms with Gasteiger partial charge in [0.05, 0.1) is 25.8 Å². The summed E-state index contributed by atoms with van der Waals surface area (Å²) in [5, 5.41) is 3.30. The highest BCUT2D eigenvalue weighted by molar-refractivity contribution is 5.97. The number of hydrogen-bond acceptors (Lipinski definition) is 6. The number of methoxy groups -OCH3 is 1. The van der Waals surface area contributed by atoms with E-state index in [1.807, 2.05) is 42.3 Å². The molecule has 1 amide bonds. The van der Waals surface area contributed by atoms with Gasteiger partial charge in [-0.05, 0) is 42.3 Å². The van der Waals surface area contributed by atoms with Crippen molar-refractivity contribution < 1.29 is 13.9 Å². The molecule has 1 aliphatic rings. The van der Waals surface area contributed by atoms with Gasteiger partial charge in [0, 0.05) is 19.3 Å². The smallest absolute Gasteiger partial charge is 0.246 e. The van der Waals surface area contributed by atoms with E-state index in [1.54, 1.807) is 24.1 Å². The lowest BCUT2D eigenvalue weighted by molar-refractivity contribution is -0.117. The molecule has 1 aromatic heterocycles. The molecule has 0 radical (unpaired) electrons. The van der Waals surface area contributed by atoms with Crippen molar-refractivity contribution in [2.45, 2.75) is 13.0 Å². The highest BCUT2D eigenvalue weighted by atomic mass is 19.1. The van der Waals surface area contributed by atoms with Crippen LogP contribution in [0.25, 0.3) is 0 Å². The Morgan fingerprint density at radius 2 is 1.87 bits per heavy atom. The molecule has 0 bridgehead atoms.